The lowest BCUT2D eigenvalue weighted by molar-refractivity contribution is -0.274. The first-order valence-corrected chi connectivity index (χ1v) is 7.71. The first kappa shape index (κ1) is 16.1. The minimum absolute atomic E-state index is 0.157. The van der Waals surface area contributed by atoms with E-state index in [0.29, 0.717) is 0 Å². The van der Waals surface area contributed by atoms with Gasteiger partial charge in [-0.3, -0.25) is 4.98 Å². The zero-order valence-corrected chi connectivity index (χ0v) is 11.9. The lowest BCUT2D eigenvalue weighted by atomic mass is 10.1. The summed E-state index contributed by atoms with van der Waals surface area (Å²) in [5, 5.41) is 9.81. The SMILES string of the molecule is CS(=O)(=O)c1cccnc1-c1cc(OC(F)(F)F)ccc1O. The van der Waals surface area contributed by atoms with Crippen molar-refractivity contribution in [2.24, 2.45) is 0 Å². The molecule has 0 amide bonds. The number of sulfone groups is 1. The molecule has 0 spiro atoms. The molecule has 1 aromatic carbocycles. The second-order valence-electron chi connectivity index (χ2n) is 4.35. The van der Waals surface area contributed by atoms with E-state index >= 15 is 0 Å². The molecule has 1 heterocycles. The van der Waals surface area contributed by atoms with Crippen LogP contribution in [0.2, 0.25) is 0 Å². The van der Waals surface area contributed by atoms with Crippen LogP contribution in [0.1, 0.15) is 0 Å². The summed E-state index contributed by atoms with van der Waals surface area (Å²) in [6.07, 6.45) is -2.71. The second kappa shape index (κ2) is 5.48. The lowest BCUT2D eigenvalue weighted by Crippen LogP contribution is -2.17. The predicted molar refractivity (Wildman–Crippen MR) is 71.1 cm³/mol. The van der Waals surface area contributed by atoms with Gasteiger partial charge in [0.1, 0.15) is 11.5 Å². The Hall–Kier alpha value is -2.29. The molecule has 0 unspecified atom stereocenters. The Bertz CT molecular complexity index is 803. The molecule has 0 fully saturated rings. The molecule has 9 heteroatoms. The third kappa shape index (κ3) is 3.67. The Morgan fingerprint density at radius 1 is 1.23 bits per heavy atom. The number of pyridine rings is 1. The van der Waals surface area contributed by atoms with E-state index in [1.807, 2.05) is 0 Å². The molecule has 2 rings (SSSR count). The van der Waals surface area contributed by atoms with Crippen molar-refractivity contribution < 1.29 is 31.4 Å². The van der Waals surface area contributed by atoms with Gasteiger partial charge in [0, 0.05) is 18.0 Å². The van der Waals surface area contributed by atoms with Crippen LogP contribution >= 0.6 is 0 Å². The van der Waals surface area contributed by atoms with Crippen LogP contribution in [0.25, 0.3) is 11.3 Å². The van der Waals surface area contributed by atoms with Crippen LogP contribution in [0.4, 0.5) is 13.2 Å². The van der Waals surface area contributed by atoms with Crippen LogP contribution in [0.5, 0.6) is 11.5 Å². The third-order valence-electron chi connectivity index (χ3n) is 2.63. The molecular weight excluding hydrogens is 323 g/mol. The molecule has 0 aliphatic carbocycles. The summed E-state index contributed by atoms with van der Waals surface area (Å²) in [5.41, 5.74) is -0.335. The summed E-state index contributed by atoms with van der Waals surface area (Å²) in [5.74, 6) is -1.01. The molecule has 118 valence electrons. The monoisotopic (exact) mass is 333 g/mol. The van der Waals surface area contributed by atoms with Crippen LogP contribution < -0.4 is 4.74 Å². The number of aromatic nitrogens is 1. The highest BCUT2D eigenvalue weighted by Crippen LogP contribution is 2.36. The number of rotatable bonds is 3. The number of halogens is 3. The van der Waals surface area contributed by atoms with Gasteiger partial charge in [0.05, 0.1) is 10.6 Å². The molecule has 0 saturated carbocycles. The van der Waals surface area contributed by atoms with E-state index in [1.165, 1.54) is 18.3 Å². The van der Waals surface area contributed by atoms with E-state index in [9.17, 15) is 26.7 Å². The van der Waals surface area contributed by atoms with E-state index in [0.717, 1.165) is 24.5 Å². The van der Waals surface area contributed by atoms with E-state index in [-0.39, 0.29) is 16.2 Å². The molecule has 0 aliphatic heterocycles. The number of hydrogen-bond donors (Lipinski definition) is 1. The van der Waals surface area contributed by atoms with Crippen molar-refractivity contribution in [3.8, 4) is 22.8 Å². The van der Waals surface area contributed by atoms with Crippen molar-refractivity contribution >= 4 is 9.84 Å². The Kier molecular flexibility index (Phi) is 4.01. The number of phenols is 1. The van der Waals surface area contributed by atoms with Gasteiger partial charge in [-0.25, -0.2) is 8.42 Å². The van der Waals surface area contributed by atoms with Crippen molar-refractivity contribution in [2.75, 3.05) is 6.26 Å². The average molecular weight is 333 g/mol. The zero-order valence-electron chi connectivity index (χ0n) is 11.1. The number of aromatic hydroxyl groups is 1. The summed E-state index contributed by atoms with van der Waals surface area (Å²) in [4.78, 5) is 3.62. The number of benzene rings is 1. The average Bonchev–Trinajstić information content (AvgIpc) is 2.38. The number of ether oxygens (including phenoxy) is 1. The smallest absolute Gasteiger partial charge is 0.507 e. The molecule has 22 heavy (non-hydrogen) atoms. The number of phenolic OH excluding ortho intramolecular Hbond substituents is 1. The summed E-state index contributed by atoms with van der Waals surface area (Å²) < 4.78 is 63.9. The first-order chi connectivity index (χ1) is 10.1. The maximum Gasteiger partial charge on any atom is 0.573 e. The van der Waals surface area contributed by atoms with Crippen LogP contribution in [-0.2, 0) is 9.84 Å². The van der Waals surface area contributed by atoms with Gasteiger partial charge in [-0.1, -0.05) is 0 Å². The molecular formula is C13H10F3NO4S. The number of alkyl halides is 3. The fraction of sp³-hybridized carbons (Fsp3) is 0.154. The van der Waals surface area contributed by atoms with Crippen molar-refractivity contribution in [3.05, 3.63) is 36.5 Å². The minimum Gasteiger partial charge on any atom is -0.507 e. The van der Waals surface area contributed by atoms with Crippen LogP contribution in [0, 0.1) is 0 Å². The molecule has 0 aliphatic rings. The minimum atomic E-state index is -4.90. The molecule has 1 aromatic heterocycles. The Labute approximate surface area is 123 Å². The lowest BCUT2D eigenvalue weighted by Gasteiger charge is -2.12. The highest BCUT2D eigenvalue weighted by molar-refractivity contribution is 7.90. The van der Waals surface area contributed by atoms with Gasteiger partial charge in [0.15, 0.2) is 9.84 Å². The fourth-order valence-corrected chi connectivity index (χ4v) is 2.63. The van der Waals surface area contributed by atoms with Crippen molar-refractivity contribution in [2.45, 2.75) is 11.3 Å². The van der Waals surface area contributed by atoms with E-state index in [2.05, 4.69) is 9.72 Å². The maximum absolute atomic E-state index is 12.2. The van der Waals surface area contributed by atoms with Gasteiger partial charge < -0.3 is 9.84 Å². The summed E-state index contributed by atoms with van der Waals surface area (Å²) in [6.45, 7) is 0. The zero-order chi connectivity index (χ0) is 16.5. The quantitative estimate of drug-likeness (QED) is 0.935. The summed E-state index contributed by atoms with van der Waals surface area (Å²) in [7, 11) is -3.68. The number of nitrogens with zero attached hydrogens (tertiary/aromatic N) is 1. The van der Waals surface area contributed by atoms with E-state index in [4.69, 9.17) is 0 Å². The number of hydrogen-bond acceptors (Lipinski definition) is 5. The molecule has 0 bridgehead atoms. The third-order valence-corrected chi connectivity index (χ3v) is 3.76. The molecule has 1 N–H and O–H groups in total. The van der Waals surface area contributed by atoms with Gasteiger partial charge in [-0.2, -0.15) is 0 Å². The Morgan fingerprint density at radius 3 is 2.50 bits per heavy atom. The molecule has 5 nitrogen and oxygen atoms in total. The van der Waals surface area contributed by atoms with Gasteiger partial charge in [0.2, 0.25) is 0 Å². The highest BCUT2D eigenvalue weighted by Gasteiger charge is 2.31. The van der Waals surface area contributed by atoms with Gasteiger partial charge in [-0.15, -0.1) is 13.2 Å². The van der Waals surface area contributed by atoms with Gasteiger partial charge in [0.25, 0.3) is 0 Å². The standard InChI is InChI=1S/C13H10F3NO4S/c1-22(19,20)11-3-2-6-17-12(11)9-7-8(4-5-10(9)18)21-13(14,15)16/h2-7,18H,1H3. The molecule has 0 radical (unpaired) electrons. The Morgan fingerprint density at radius 2 is 1.91 bits per heavy atom. The predicted octanol–water partition coefficient (Wildman–Crippen LogP) is 2.76. The van der Waals surface area contributed by atoms with Crippen molar-refractivity contribution in [1.29, 1.82) is 0 Å². The normalized spacial score (nSPS) is 12.2. The van der Waals surface area contributed by atoms with Gasteiger partial charge >= 0.3 is 6.36 Å². The van der Waals surface area contributed by atoms with E-state index < -0.39 is 27.7 Å². The highest BCUT2D eigenvalue weighted by atomic mass is 32.2. The molecule has 0 saturated heterocycles. The fourth-order valence-electron chi connectivity index (χ4n) is 1.79. The molecule has 2 aromatic rings. The Balaban J connectivity index is 2.61. The topological polar surface area (TPSA) is 76.5 Å². The summed E-state index contributed by atoms with van der Waals surface area (Å²) >= 11 is 0. The van der Waals surface area contributed by atoms with Gasteiger partial charge in [-0.05, 0) is 30.3 Å². The van der Waals surface area contributed by atoms with Crippen molar-refractivity contribution in [3.63, 3.8) is 0 Å². The van der Waals surface area contributed by atoms with Crippen LogP contribution in [0.3, 0.4) is 0 Å². The first-order valence-electron chi connectivity index (χ1n) is 5.82. The largest absolute Gasteiger partial charge is 0.573 e. The van der Waals surface area contributed by atoms with Crippen LogP contribution in [-0.4, -0.2) is 31.1 Å². The van der Waals surface area contributed by atoms with E-state index in [1.54, 1.807) is 0 Å². The van der Waals surface area contributed by atoms with Crippen LogP contribution in [0.15, 0.2) is 41.4 Å². The second-order valence-corrected chi connectivity index (χ2v) is 6.33. The maximum atomic E-state index is 12.2. The summed E-state index contributed by atoms with van der Waals surface area (Å²) in [6, 6.07) is 5.37. The molecule has 0 atom stereocenters. The van der Waals surface area contributed by atoms with Crippen molar-refractivity contribution in [1.82, 2.24) is 4.98 Å².